The zero-order valence-corrected chi connectivity index (χ0v) is 12.0. The second-order valence-electron chi connectivity index (χ2n) is 4.37. The molecule has 1 aromatic rings. The SMILES string of the molecule is CCC1NCC(=O)N(Cc2cccc(F)c2Br)C1=O. The summed E-state index contributed by atoms with van der Waals surface area (Å²) in [5.74, 6) is -0.944. The van der Waals surface area contributed by atoms with Crippen molar-refractivity contribution in [2.24, 2.45) is 0 Å². The molecule has 1 aliphatic rings. The molecule has 1 heterocycles. The van der Waals surface area contributed by atoms with Crippen LogP contribution in [-0.4, -0.2) is 29.3 Å². The average Bonchev–Trinajstić information content (AvgIpc) is 2.39. The maximum Gasteiger partial charge on any atom is 0.246 e. The monoisotopic (exact) mass is 328 g/mol. The second kappa shape index (κ2) is 5.79. The average molecular weight is 329 g/mol. The Kier molecular flexibility index (Phi) is 4.31. The molecule has 1 saturated heterocycles. The molecule has 19 heavy (non-hydrogen) atoms. The van der Waals surface area contributed by atoms with Gasteiger partial charge in [-0.25, -0.2) is 4.39 Å². The molecule has 2 rings (SSSR count). The Morgan fingerprint density at radius 1 is 1.47 bits per heavy atom. The van der Waals surface area contributed by atoms with Gasteiger partial charge in [0.2, 0.25) is 11.8 Å². The smallest absolute Gasteiger partial charge is 0.246 e. The van der Waals surface area contributed by atoms with E-state index in [1.165, 1.54) is 11.0 Å². The summed E-state index contributed by atoms with van der Waals surface area (Å²) in [6.45, 7) is 2.10. The molecule has 1 aromatic carbocycles. The Bertz CT molecular complexity index is 521. The minimum absolute atomic E-state index is 0.0915. The van der Waals surface area contributed by atoms with Crippen molar-refractivity contribution in [3.8, 4) is 0 Å². The Morgan fingerprint density at radius 3 is 2.89 bits per heavy atom. The lowest BCUT2D eigenvalue weighted by Crippen LogP contribution is -2.57. The van der Waals surface area contributed by atoms with Crippen molar-refractivity contribution < 1.29 is 14.0 Å². The summed E-state index contributed by atoms with van der Waals surface area (Å²) in [5, 5.41) is 2.88. The summed E-state index contributed by atoms with van der Waals surface area (Å²) in [6.07, 6.45) is 0.618. The maximum atomic E-state index is 13.4. The molecule has 0 bridgehead atoms. The van der Waals surface area contributed by atoms with E-state index in [1.807, 2.05) is 6.92 Å². The Labute approximate surface area is 119 Å². The van der Waals surface area contributed by atoms with Crippen molar-refractivity contribution in [1.82, 2.24) is 10.2 Å². The highest BCUT2D eigenvalue weighted by atomic mass is 79.9. The quantitative estimate of drug-likeness (QED) is 0.861. The van der Waals surface area contributed by atoms with E-state index in [0.29, 0.717) is 16.5 Å². The van der Waals surface area contributed by atoms with Gasteiger partial charge in [0.15, 0.2) is 0 Å². The number of piperazine rings is 1. The lowest BCUT2D eigenvalue weighted by Gasteiger charge is -2.31. The summed E-state index contributed by atoms with van der Waals surface area (Å²) in [5.41, 5.74) is 0.582. The van der Waals surface area contributed by atoms with Gasteiger partial charge in [-0.15, -0.1) is 0 Å². The van der Waals surface area contributed by atoms with Crippen LogP contribution in [0.3, 0.4) is 0 Å². The van der Waals surface area contributed by atoms with Gasteiger partial charge in [0, 0.05) is 0 Å². The molecule has 0 saturated carbocycles. The lowest BCUT2D eigenvalue weighted by molar-refractivity contribution is -0.150. The third-order valence-electron chi connectivity index (χ3n) is 3.13. The van der Waals surface area contributed by atoms with Crippen LogP contribution < -0.4 is 5.32 Å². The van der Waals surface area contributed by atoms with Crippen LogP contribution >= 0.6 is 15.9 Å². The minimum atomic E-state index is -0.403. The van der Waals surface area contributed by atoms with Gasteiger partial charge in [0.1, 0.15) is 5.82 Å². The van der Waals surface area contributed by atoms with Crippen LogP contribution in [0.1, 0.15) is 18.9 Å². The lowest BCUT2D eigenvalue weighted by atomic mass is 10.1. The number of rotatable bonds is 3. The van der Waals surface area contributed by atoms with Crippen molar-refractivity contribution in [1.29, 1.82) is 0 Å². The standard InChI is InChI=1S/C13H14BrFN2O2/c1-2-10-13(19)17(11(18)6-16-10)7-8-4-3-5-9(15)12(8)14/h3-5,10,16H,2,6-7H2,1H3. The van der Waals surface area contributed by atoms with E-state index in [-0.39, 0.29) is 30.9 Å². The summed E-state index contributed by atoms with van der Waals surface area (Å²) in [7, 11) is 0. The Balaban J connectivity index is 2.23. The molecule has 2 amide bonds. The molecule has 1 unspecified atom stereocenters. The van der Waals surface area contributed by atoms with Gasteiger partial charge in [-0.2, -0.15) is 0 Å². The Morgan fingerprint density at radius 2 is 2.21 bits per heavy atom. The van der Waals surface area contributed by atoms with Crippen LogP contribution in [0.25, 0.3) is 0 Å². The normalized spacial score (nSPS) is 19.9. The number of nitrogens with zero attached hydrogens (tertiary/aromatic N) is 1. The minimum Gasteiger partial charge on any atom is -0.297 e. The fourth-order valence-electron chi connectivity index (χ4n) is 2.03. The van der Waals surface area contributed by atoms with Crippen LogP contribution in [0, 0.1) is 5.82 Å². The van der Waals surface area contributed by atoms with Crippen molar-refractivity contribution in [2.75, 3.05) is 6.54 Å². The van der Waals surface area contributed by atoms with Gasteiger partial charge in [-0.3, -0.25) is 19.8 Å². The number of hydrogen-bond acceptors (Lipinski definition) is 3. The zero-order valence-electron chi connectivity index (χ0n) is 10.5. The van der Waals surface area contributed by atoms with E-state index in [1.54, 1.807) is 12.1 Å². The van der Waals surface area contributed by atoms with E-state index in [0.717, 1.165) is 0 Å². The molecule has 1 fully saturated rings. The number of halogens is 2. The highest BCUT2D eigenvalue weighted by Crippen LogP contribution is 2.22. The summed E-state index contributed by atoms with van der Waals surface area (Å²) in [6, 6.07) is 4.23. The van der Waals surface area contributed by atoms with Crippen molar-refractivity contribution in [3.63, 3.8) is 0 Å². The number of imide groups is 1. The summed E-state index contributed by atoms with van der Waals surface area (Å²) < 4.78 is 13.7. The van der Waals surface area contributed by atoms with E-state index in [2.05, 4.69) is 21.2 Å². The number of nitrogens with one attached hydrogen (secondary N) is 1. The number of carbonyl (C=O) groups is 2. The van der Waals surface area contributed by atoms with Gasteiger partial charge < -0.3 is 0 Å². The third-order valence-corrected chi connectivity index (χ3v) is 4.02. The highest BCUT2D eigenvalue weighted by Gasteiger charge is 2.33. The van der Waals surface area contributed by atoms with Crippen LogP contribution in [0.5, 0.6) is 0 Å². The fourth-order valence-corrected chi connectivity index (χ4v) is 2.42. The number of carbonyl (C=O) groups excluding carboxylic acids is 2. The molecular formula is C13H14BrFN2O2. The van der Waals surface area contributed by atoms with E-state index in [9.17, 15) is 14.0 Å². The van der Waals surface area contributed by atoms with Crippen molar-refractivity contribution >= 4 is 27.7 Å². The number of hydrogen-bond donors (Lipinski definition) is 1. The molecule has 1 aliphatic heterocycles. The van der Waals surface area contributed by atoms with Gasteiger partial charge in [0.25, 0.3) is 0 Å². The van der Waals surface area contributed by atoms with Crippen LogP contribution in [0.15, 0.2) is 22.7 Å². The highest BCUT2D eigenvalue weighted by molar-refractivity contribution is 9.10. The maximum absolute atomic E-state index is 13.4. The van der Waals surface area contributed by atoms with E-state index in [4.69, 9.17) is 0 Å². The van der Waals surface area contributed by atoms with Gasteiger partial charge >= 0.3 is 0 Å². The van der Waals surface area contributed by atoms with E-state index < -0.39 is 5.82 Å². The first-order valence-electron chi connectivity index (χ1n) is 6.05. The molecule has 6 heteroatoms. The molecule has 1 N–H and O–H groups in total. The van der Waals surface area contributed by atoms with Crippen molar-refractivity contribution in [2.45, 2.75) is 25.9 Å². The molecule has 0 radical (unpaired) electrons. The predicted molar refractivity (Wildman–Crippen MR) is 71.7 cm³/mol. The van der Waals surface area contributed by atoms with Gasteiger partial charge in [-0.05, 0) is 34.0 Å². The first-order chi connectivity index (χ1) is 9.04. The van der Waals surface area contributed by atoms with E-state index >= 15 is 0 Å². The van der Waals surface area contributed by atoms with Gasteiger partial charge in [0.05, 0.1) is 23.6 Å². The predicted octanol–water partition coefficient (Wildman–Crippen LogP) is 1.83. The zero-order chi connectivity index (χ0) is 14.0. The topological polar surface area (TPSA) is 49.4 Å². The first kappa shape index (κ1) is 14.1. The van der Waals surface area contributed by atoms with Crippen molar-refractivity contribution in [3.05, 3.63) is 34.1 Å². The summed E-state index contributed by atoms with van der Waals surface area (Å²) in [4.78, 5) is 25.1. The summed E-state index contributed by atoms with van der Waals surface area (Å²) >= 11 is 3.14. The Hall–Kier alpha value is -1.27. The third kappa shape index (κ3) is 2.84. The fraction of sp³-hybridized carbons (Fsp3) is 0.385. The molecular weight excluding hydrogens is 315 g/mol. The second-order valence-corrected chi connectivity index (χ2v) is 5.17. The molecule has 4 nitrogen and oxygen atoms in total. The molecule has 1 atom stereocenters. The van der Waals surface area contributed by atoms with Gasteiger partial charge in [-0.1, -0.05) is 19.1 Å². The number of benzene rings is 1. The largest absolute Gasteiger partial charge is 0.297 e. The first-order valence-corrected chi connectivity index (χ1v) is 6.84. The molecule has 0 aromatic heterocycles. The van der Waals surface area contributed by atoms with Crippen LogP contribution in [0.2, 0.25) is 0 Å². The van der Waals surface area contributed by atoms with Crippen LogP contribution in [-0.2, 0) is 16.1 Å². The molecule has 0 spiro atoms. The van der Waals surface area contributed by atoms with Crippen LogP contribution in [0.4, 0.5) is 4.39 Å². The molecule has 0 aliphatic carbocycles. The molecule has 102 valence electrons. The number of amides is 2.